The molecule has 0 unspecified atom stereocenters. The lowest BCUT2D eigenvalue weighted by Crippen LogP contribution is -2.01. The van der Waals surface area contributed by atoms with Crippen molar-refractivity contribution in [1.29, 1.82) is 0 Å². The van der Waals surface area contributed by atoms with E-state index in [-0.39, 0.29) is 16.7 Å². The van der Waals surface area contributed by atoms with E-state index in [0.29, 0.717) is 23.9 Å². The highest BCUT2D eigenvalue weighted by Crippen LogP contribution is 2.39. The van der Waals surface area contributed by atoms with Gasteiger partial charge in [0.2, 0.25) is 11.0 Å². The first kappa shape index (κ1) is 16.1. The Morgan fingerprint density at radius 2 is 1.96 bits per heavy atom. The quantitative estimate of drug-likeness (QED) is 0.554. The molecule has 1 heterocycles. The number of aromatic hydroxyl groups is 1. The molecule has 7 heteroatoms. The zero-order chi connectivity index (χ0) is 17.1. The molecule has 2 aromatic carbocycles. The summed E-state index contributed by atoms with van der Waals surface area (Å²) < 4.78 is 15.3. The largest absolute Gasteiger partial charge is 0.493 e. The summed E-state index contributed by atoms with van der Waals surface area (Å²) in [5.74, 6) is -0.513. The van der Waals surface area contributed by atoms with Crippen molar-refractivity contribution in [3.05, 3.63) is 59.9 Å². The number of aryl methyl sites for hydroxylation is 2. The predicted octanol–water partition coefficient (Wildman–Crippen LogP) is 4.06. The normalized spacial score (nSPS) is 11.4. The molecule has 0 saturated carbocycles. The second kappa shape index (κ2) is 6.76. The summed E-state index contributed by atoms with van der Waals surface area (Å²) in [6.07, 6.45) is 0.710. The van der Waals surface area contributed by atoms with E-state index in [1.807, 2.05) is 30.3 Å². The van der Waals surface area contributed by atoms with Gasteiger partial charge in [0.1, 0.15) is 5.82 Å². The van der Waals surface area contributed by atoms with Crippen molar-refractivity contribution in [2.75, 3.05) is 0 Å². The smallest absolute Gasteiger partial charge is 0.220 e. The zero-order valence-corrected chi connectivity index (χ0v) is 13.5. The van der Waals surface area contributed by atoms with Crippen molar-refractivity contribution in [2.45, 2.75) is 13.0 Å². The molecule has 0 atom stereocenters. The Hall–Kier alpha value is -2.80. The summed E-state index contributed by atoms with van der Waals surface area (Å²) in [5.41, 5.74) is 7.27. The van der Waals surface area contributed by atoms with E-state index in [2.05, 4.69) is 22.4 Å². The molecular weight excluding hydrogens is 327 g/mol. The van der Waals surface area contributed by atoms with Crippen LogP contribution in [0.1, 0.15) is 5.56 Å². The van der Waals surface area contributed by atoms with Crippen molar-refractivity contribution in [1.82, 2.24) is 4.57 Å². The van der Waals surface area contributed by atoms with Crippen molar-refractivity contribution in [3.63, 3.8) is 0 Å². The lowest BCUT2D eigenvalue weighted by atomic mass is 10.1. The molecule has 3 aromatic rings. The number of halogens is 1. The van der Waals surface area contributed by atoms with Gasteiger partial charge in [0.25, 0.3) is 0 Å². The molecule has 24 heavy (non-hydrogen) atoms. The highest BCUT2D eigenvalue weighted by atomic mass is 32.1. The van der Waals surface area contributed by atoms with E-state index in [4.69, 9.17) is 5.73 Å². The van der Waals surface area contributed by atoms with Gasteiger partial charge >= 0.3 is 0 Å². The number of azo groups is 1. The summed E-state index contributed by atoms with van der Waals surface area (Å²) in [5, 5.41) is 18.3. The topological polar surface area (TPSA) is 75.9 Å². The van der Waals surface area contributed by atoms with Gasteiger partial charge in [0.05, 0.1) is 5.52 Å². The Morgan fingerprint density at radius 1 is 1.21 bits per heavy atom. The van der Waals surface area contributed by atoms with Gasteiger partial charge in [0.15, 0.2) is 5.69 Å². The summed E-state index contributed by atoms with van der Waals surface area (Å²) in [4.78, 5) is 0. The van der Waals surface area contributed by atoms with Gasteiger partial charge in [0, 0.05) is 11.9 Å². The fourth-order valence-corrected chi connectivity index (χ4v) is 2.65. The fourth-order valence-electron chi connectivity index (χ4n) is 2.61. The first-order valence-corrected chi connectivity index (χ1v) is 7.73. The van der Waals surface area contributed by atoms with E-state index in [9.17, 15) is 9.50 Å². The van der Waals surface area contributed by atoms with E-state index < -0.39 is 5.82 Å². The molecule has 0 aliphatic heterocycles. The Balaban J connectivity index is 2.03. The number of fused-ring (bicyclic) bond motifs is 1. The highest BCUT2D eigenvalue weighted by Gasteiger charge is 2.17. The van der Waals surface area contributed by atoms with Crippen LogP contribution in [0.15, 0.2) is 58.8 Å². The molecule has 1 aromatic heterocycles. The van der Waals surface area contributed by atoms with Crippen LogP contribution in [0.5, 0.6) is 5.88 Å². The van der Waals surface area contributed by atoms with Crippen LogP contribution < -0.4 is 5.73 Å². The Morgan fingerprint density at radius 3 is 2.67 bits per heavy atom. The lowest BCUT2D eigenvalue weighted by Gasteiger charge is -2.07. The number of thiocarbonyl (C=S) groups is 1. The van der Waals surface area contributed by atoms with Crippen LogP contribution >= 0.6 is 12.2 Å². The number of nitrogens with zero attached hydrogens (tertiary/aromatic N) is 3. The van der Waals surface area contributed by atoms with Crippen molar-refractivity contribution in [3.8, 4) is 5.88 Å². The Labute approximate surface area is 143 Å². The third-order valence-electron chi connectivity index (χ3n) is 3.69. The minimum atomic E-state index is -0.422. The molecule has 0 aliphatic carbocycles. The number of aromatic nitrogens is 1. The molecule has 0 fully saturated rings. The first-order chi connectivity index (χ1) is 11.6. The first-order valence-electron chi connectivity index (χ1n) is 7.32. The minimum absolute atomic E-state index is 0.0912. The van der Waals surface area contributed by atoms with Gasteiger partial charge in [-0.25, -0.2) is 4.39 Å². The molecule has 0 spiro atoms. The van der Waals surface area contributed by atoms with E-state index in [0.717, 1.165) is 5.56 Å². The minimum Gasteiger partial charge on any atom is -0.493 e. The molecule has 5 nitrogen and oxygen atoms in total. The van der Waals surface area contributed by atoms with Gasteiger partial charge in [-0.3, -0.25) is 0 Å². The molecule has 0 bridgehead atoms. The Kier molecular flexibility index (Phi) is 4.52. The summed E-state index contributed by atoms with van der Waals surface area (Å²) >= 11 is 4.66. The van der Waals surface area contributed by atoms with Crippen LogP contribution in [-0.2, 0) is 13.0 Å². The van der Waals surface area contributed by atoms with Crippen LogP contribution in [0, 0.1) is 5.82 Å². The number of benzene rings is 2. The van der Waals surface area contributed by atoms with Gasteiger partial charge in [-0.05, 0) is 42.4 Å². The molecule has 3 N–H and O–H groups in total. The third kappa shape index (κ3) is 3.26. The summed E-state index contributed by atoms with van der Waals surface area (Å²) in [6.45, 7) is 0.514. The molecule has 3 rings (SSSR count). The zero-order valence-electron chi connectivity index (χ0n) is 12.7. The van der Waals surface area contributed by atoms with Crippen LogP contribution in [0.25, 0.3) is 10.9 Å². The molecule has 0 aliphatic rings. The number of rotatable bonds is 4. The predicted molar refractivity (Wildman–Crippen MR) is 95.0 cm³/mol. The number of hydrogen-bond donors (Lipinski definition) is 2. The Bertz CT molecular complexity index is 921. The monoisotopic (exact) mass is 342 g/mol. The maximum absolute atomic E-state index is 13.6. The van der Waals surface area contributed by atoms with Crippen LogP contribution in [0.2, 0.25) is 0 Å². The molecule has 0 saturated heterocycles. The summed E-state index contributed by atoms with van der Waals surface area (Å²) in [6, 6.07) is 14.1. The van der Waals surface area contributed by atoms with E-state index in [1.54, 1.807) is 10.6 Å². The summed E-state index contributed by atoms with van der Waals surface area (Å²) in [7, 11) is 0. The average molecular weight is 342 g/mol. The second-order valence-electron chi connectivity index (χ2n) is 5.26. The number of hydrogen-bond acceptors (Lipinski definition) is 3. The highest BCUT2D eigenvalue weighted by molar-refractivity contribution is 7.80. The molecule has 0 radical (unpaired) electrons. The van der Waals surface area contributed by atoms with Crippen LogP contribution in [0.4, 0.5) is 10.1 Å². The van der Waals surface area contributed by atoms with Gasteiger partial charge in [-0.1, -0.05) is 30.3 Å². The fraction of sp³-hybridized carbons (Fsp3) is 0.118. The molecule has 122 valence electrons. The average Bonchev–Trinajstić information content (AvgIpc) is 2.82. The molecular formula is C17H15FN4OS. The number of nitrogens with two attached hydrogens (primary N) is 1. The van der Waals surface area contributed by atoms with Crippen molar-refractivity contribution >= 4 is 33.9 Å². The second-order valence-corrected chi connectivity index (χ2v) is 5.68. The van der Waals surface area contributed by atoms with Crippen LogP contribution in [0.3, 0.4) is 0 Å². The van der Waals surface area contributed by atoms with Crippen molar-refractivity contribution < 1.29 is 9.50 Å². The molecule has 0 amide bonds. The lowest BCUT2D eigenvalue weighted by molar-refractivity contribution is 0.422. The van der Waals surface area contributed by atoms with Gasteiger partial charge in [-0.2, -0.15) is 0 Å². The van der Waals surface area contributed by atoms with E-state index >= 15 is 0 Å². The third-order valence-corrected chi connectivity index (χ3v) is 3.77. The van der Waals surface area contributed by atoms with Gasteiger partial charge in [-0.15, -0.1) is 10.2 Å². The maximum atomic E-state index is 13.6. The van der Waals surface area contributed by atoms with Crippen molar-refractivity contribution in [2.24, 2.45) is 16.0 Å². The van der Waals surface area contributed by atoms with Gasteiger partial charge < -0.3 is 15.4 Å². The SMILES string of the molecule is NC(=S)N=Nc1c(O)n(CCc2ccccc2)c2ccc(F)cc12. The standard InChI is InChI=1S/C17H15FN4OS/c18-12-6-7-14-13(10-12)15(20-21-17(19)24)16(23)22(14)9-8-11-4-2-1-3-5-11/h1-7,10,23H,8-9H2,(H2,19,24). The van der Waals surface area contributed by atoms with Crippen LogP contribution in [-0.4, -0.2) is 14.8 Å². The van der Waals surface area contributed by atoms with E-state index in [1.165, 1.54) is 12.1 Å². The maximum Gasteiger partial charge on any atom is 0.220 e.